The molecule has 0 bridgehead atoms. The zero-order valence-corrected chi connectivity index (χ0v) is 15.0. The Labute approximate surface area is 142 Å². The highest BCUT2D eigenvalue weighted by molar-refractivity contribution is 9.10. The Kier molecular flexibility index (Phi) is 6.37. The van der Waals surface area contributed by atoms with E-state index in [0.29, 0.717) is 16.1 Å². The summed E-state index contributed by atoms with van der Waals surface area (Å²) in [6.07, 6.45) is 1.96. The van der Waals surface area contributed by atoms with Crippen molar-refractivity contribution in [3.63, 3.8) is 0 Å². The SMILES string of the molecule is CCNC(Cc1ccc(Cl)c(Cl)c1)Cc1cc(Br)cs1. The maximum atomic E-state index is 6.08. The smallest absolute Gasteiger partial charge is 0.0595 e. The topological polar surface area (TPSA) is 12.0 Å². The average molecular weight is 393 g/mol. The quantitative estimate of drug-likeness (QED) is 0.676. The van der Waals surface area contributed by atoms with E-state index >= 15 is 0 Å². The summed E-state index contributed by atoms with van der Waals surface area (Å²) in [4.78, 5) is 1.38. The fourth-order valence-corrected chi connectivity index (χ4v) is 4.01. The van der Waals surface area contributed by atoms with Gasteiger partial charge in [-0.1, -0.05) is 36.2 Å². The van der Waals surface area contributed by atoms with E-state index in [1.807, 2.05) is 18.2 Å². The first-order valence-corrected chi connectivity index (χ1v) is 8.91. The van der Waals surface area contributed by atoms with Crippen molar-refractivity contribution in [2.75, 3.05) is 6.54 Å². The van der Waals surface area contributed by atoms with Crippen LogP contribution in [-0.2, 0) is 12.8 Å². The van der Waals surface area contributed by atoms with Crippen molar-refractivity contribution in [3.8, 4) is 0 Å². The molecule has 1 unspecified atom stereocenters. The summed E-state index contributed by atoms with van der Waals surface area (Å²) in [5, 5.41) is 6.89. The van der Waals surface area contributed by atoms with Gasteiger partial charge in [-0.25, -0.2) is 0 Å². The van der Waals surface area contributed by atoms with Gasteiger partial charge in [-0.2, -0.15) is 0 Å². The molecule has 0 aliphatic rings. The van der Waals surface area contributed by atoms with Gasteiger partial charge >= 0.3 is 0 Å². The number of halogens is 3. The highest BCUT2D eigenvalue weighted by Crippen LogP contribution is 2.25. The molecule has 108 valence electrons. The second kappa shape index (κ2) is 7.81. The molecule has 0 amide bonds. The Balaban J connectivity index is 2.06. The molecule has 0 saturated heterocycles. The average Bonchev–Trinajstić information content (AvgIpc) is 2.80. The molecule has 1 aromatic carbocycles. The monoisotopic (exact) mass is 391 g/mol. The molecule has 1 nitrogen and oxygen atoms in total. The Bertz CT molecular complexity index is 571. The molecule has 0 aliphatic carbocycles. The van der Waals surface area contributed by atoms with Crippen LogP contribution < -0.4 is 5.32 Å². The van der Waals surface area contributed by atoms with Gasteiger partial charge in [0.1, 0.15) is 0 Å². The van der Waals surface area contributed by atoms with Gasteiger partial charge in [0.15, 0.2) is 0 Å². The van der Waals surface area contributed by atoms with Crippen LogP contribution in [0.25, 0.3) is 0 Å². The molecule has 0 spiro atoms. The predicted molar refractivity (Wildman–Crippen MR) is 93.4 cm³/mol. The highest BCUT2D eigenvalue weighted by atomic mass is 79.9. The van der Waals surface area contributed by atoms with E-state index < -0.39 is 0 Å². The Hall–Kier alpha value is -0.0600. The molecule has 0 saturated carbocycles. The van der Waals surface area contributed by atoms with Crippen LogP contribution >= 0.6 is 50.5 Å². The number of likely N-dealkylation sites (N-methyl/N-ethyl adjacent to an activating group) is 1. The van der Waals surface area contributed by atoms with E-state index in [1.54, 1.807) is 11.3 Å². The maximum absolute atomic E-state index is 6.08. The molecule has 0 radical (unpaired) electrons. The third kappa shape index (κ3) is 4.74. The van der Waals surface area contributed by atoms with Crippen molar-refractivity contribution in [1.82, 2.24) is 5.32 Å². The van der Waals surface area contributed by atoms with Gasteiger partial charge in [0.25, 0.3) is 0 Å². The minimum absolute atomic E-state index is 0.405. The molecule has 20 heavy (non-hydrogen) atoms. The summed E-state index contributed by atoms with van der Waals surface area (Å²) in [6.45, 7) is 3.09. The predicted octanol–water partition coefficient (Wildman–Crippen LogP) is 5.58. The summed E-state index contributed by atoms with van der Waals surface area (Å²) in [5.74, 6) is 0. The van der Waals surface area contributed by atoms with Crippen LogP contribution in [0, 0.1) is 0 Å². The lowest BCUT2D eigenvalue weighted by Crippen LogP contribution is -2.32. The van der Waals surface area contributed by atoms with Crippen LogP contribution in [-0.4, -0.2) is 12.6 Å². The van der Waals surface area contributed by atoms with Crippen LogP contribution in [0.2, 0.25) is 10.0 Å². The van der Waals surface area contributed by atoms with Crippen molar-refractivity contribution < 1.29 is 0 Å². The number of hydrogen-bond acceptors (Lipinski definition) is 2. The molecule has 0 aliphatic heterocycles. The molecule has 1 aromatic heterocycles. The van der Waals surface area contributed by atoms with E-state index in [-0.39, 0.29) is 0 Å². The van der Waals surface area contributed by atoms with Crippen molar-refractivity contribution in [3.05, 3.63) is 54.6 Å². The van der Waals surface area contributed by atoms with Gasteiger partial charge in [0.2, 0.25) is 0 Å². The standard InChI is InChI=1S/C15H16BrCl2NS/c1-2-19-12(8-13-7-11(16)9-20-13)5-10-3-4-14(17)15(18)6-10/h3-4,6-7,9,12,19H,2,5,8H2,1H3. The van der Waals surface area contributed by atoms with Crippen LogP contribution in [0.5, 0.6) is 0 Å². The van der Waals surface area contributed by atoms with Crippen molar-refractivity contribution in [2.45, 2.75) is 25.8 Å². The molecule has 1 heterocycles. The summed E-state index contributed by atoms with van der Waals surface area (Å²) >= 11 is 17.3. The summed E-state index contributed by atoms with van der Waals surface area (Å²) < 4.78 is 1.15. The zero-order valence-electron chi connectivity index (χ0n) is 11.1. The zero-order chi connectivity index (χ0) is 14.5. The molecule has 2 rings (SSSR count). The fraction of sp³-hybridized carbons (Fsp3) is 0.333. The molecule has 1 N–H and O–H groups in total. The summed E-state index contributed by atoms with van der Waals surface area (Å²) in [5.41, 5.74) is 1.21. The van der Waals surface area contributed by atoms with Gasteiger partial charge in [0.05, 0.1) is 10.0 Å². The molecule has 0 fully saturated rings. The summed E-state index contributed by atoms with van der Waals surface area (Å²) in [6, 6.07) is 8.46. The first kappa shape index (κ1) is 16.3. The number of hydrogen-bond donors (Lipinski definition) is 1. The van der Waals surface area contributed by atoms with Gasteiger partial charge in [0, 0.05) is 20.8 Å². The Morgan fingerprint density at radius 2 is 2.00 bits per heavy atom. The molecule has 1 atom stereocenters. The fourth-order valence-electron chi connectivity index (χ4n) is 2.16. The first-order chi connectivity index (χ1) is 9.58. The third-order valence-corrected chi connectivity index (χ3v) is 5.49. The molecular formula is C15H16BrCl2NS. The minimum Gasteiger partial charge on any atom is -0.314 e. The number of benzene rings is 1. The van der Waals surface area contributed by atoms with Gasteiger partial charge in [-0.3, -0.25) is 0 Å². The molecule has 5 heteroatoms. The van der Waals surface area contributed by atoms with E-state index in [2.05, 4.69) is 39.6 Å². The molecular weight excluding hydrogens is 377 g/mol. The van der Waals surface area contributed by atoms with Gasteiger partial charge in [-0.15, -0.1) is 11.3 Å². The van der Waals surface area contributed by atoms with Crippen LogP contribution in [0.1, 0.15) is 17.4 Å². The van der Waals surface area contributed by atoms with Crippen molar-refractivity contribution >= 4 is 50.5 Å². The second-order valence-electron chi connectivity index (χ2n) is 4.64. The van der Waals surface area contributed by atoms with Gasteiger partial charge < -0.3 is 5.32 Å². The second-order valence-corrected chi connectivity index (χ2v) is 7.37. The van der Waals surface area contributed by atoms with E-state index in [1.165, 1.54) is 10.4 Å². The van der Waals surface area contributed by atoms with Crippen molar-refractivity contribution in [2.24, 2.45) is 0 Å². The van der Waals surface area contributed by atoms with Crippen LogP contribution in [0.4, 0.5) is 0 Å². The number of thiophene rings is 1. The number of rotatable bonds is 6. The van der Waals surface area contributed by atoms with E-state index in [9.17, 15) is 0 Å². The van der Waals surface area contributed by atoms with Crippen LogP contribution in [0.15, 0.2) is 34.1 Å². The highest BCUT2D eigenvalue weighted by Gasteiger charge is 2.12. The number of nitrogens with one attached hydrogen (secondary N) is 1. The lowest BCUT2D eigenvalue weighted by molar-refractivity contribution is 0.524. The van der Waals surface area contributed by atoms with Crippen molar-refractivity contribution in [1.29, 1.82) is 0 Å². The maximum Gasteiger partial charge on any atom is 0.0595 e. The van der Waals surface area contributed by atoms with E-state index in [4.69, 9.17) is 23.2 Å². The minimum atomic E-state index is 0.405. The first-order valence-electron chi connectivity index (χ1n) is 6.48. The van der Waals surface area contributed by atoms with Gasteiger partial charge in [-0.05, 0) is 59.1 Å². The largest absolute Gasteiger partial charge is 0.314 e. The lowest BCUT2D eigenvalue weighted by Gasteiger charge is -2.17. The van der Waals surface area contributed by atoms with Crippen LogP contribution in [0.3, 0.4) is 0 Å². The third-order valence-electron chi connectivity index (χ3n) is 3.03. The Morgan fingerprint density at radius 1 is 1.20 bits per heavy atom. The molecule has 2 aromatic rings. The van der Waals surface area contributed by atoms with E-state index in [0.717, 1.165) is 23.9 Å². The normalized spacial score (nSPS) is 12.6. The summed E-state index contributed by atoms with van der Waals surface area (Å²) in [7, 11) is 0. The lowest BCUT2D eigenvalue weighted by atomic mass is 10.0. The Morgan fingerprint density at radius 3 is 2.60 bits per heavy atom.